The van der Waals surface area contributed by atoms with Crippen LogP contribution in [0.1, 0.15) is 16.7 Å². The van der Waals surface area contributed by atoms with E-state index in [4.69, 9.17) is 0 Å². The van der Waals surface area contributed by atoms with Crippen LogP contribution in [0.3, 0.4) is 0 Å². The second-order valence-corrected chi connectivity index (χ2v) is 3.85. The molecule has 0 amide bonds. The maximum absolute atomic E-state index is 3.34. The third kappa shape index (κ3) is 1.55. The van der Waals surface area contributed by atoms with Crippen molar-refractivity contribution in [3.8, 4) is 11.1 Å². The fourth-order valence-electron chi connectivity index (χ4n) is 2.28. The summed E-state index contributed by atoms with van der Waals surface area (Å²) in [7, 11) is 0. The van der Waals surface area contributed by atoms with Gasteiger partial charge in [-0.15, -0.1) is 11.1 Å². The second kappa shape index (κ2) is 3.89. The molecule has 0 spiro atoms. The molecule has 0 heterocycles. The Hall–Kier alpha value is -0.963. The molecule has 0 aromatic heterocycles. The van der Waals surface area contributed by atoms with Crippen molar-refractivity contribution in [2.24, 2.45) is 0 Å². The van der Waals surface area contributed by atoms with E-state index in [1.54, 1.807) is 0 Å². The standard InChI is InChI=1S/C14H11.Li/c1-10-5-4-7-12-9-11-6-2-3-8-13(11)14(10)12;/h2-6,8H,9H2,1H3;/q-1;+1. The minimum absolute atomic E-state index is 0. The monoisotopic (exact) mass is 186 g/mol. The van der Waals surface area contributed by atoms with Gasteiger partial charge in [0.15, 0.2) is 0 Å². The Morgan fingerprint density at radius 2 is 1.93 bits per heavy atom. The molecule has 1 aliphatic carbocycles. The van der Waals surface area contributed by atoms with E-state index in [1.807, 2.05) is 6.07 Å². The SMILES string of the molecule is Cc1cc[c-]c2c1-c1ccccc1C2.[Li+]. The average Bonchev–Trinajstić information content (AvgIpc) is 2.57. The van der Waals surface area contributed by atoms with Gasteiger partial charge in [-0.05, 0) is 6.42 Å². The van der Waals surface area contributed by atoms with Crippen LogP contribution in [0.4, 0.5) is 0 Å². The summed E-state index contributed by atoms with van der Waals surface area (Å²) in [5, 5.41) is 0. The van der Waals surface area contributed by atoms with Gasteiger partial charge in [0.25, 0.3) is 0 Å². The molecule has 0 saturated heterocycles. The van der Waals surface area contributed by atoms with Crippen molar-refractivity contribution in [2.75, 3.05) is 0 Å². The van der Waals surface area contributed by atoms with Gasteiger partial charge >= 0.3 is 18.9 Å². The van der Waals surface area contributed by atoms with E-state index >= 15 is 0 Å². The first-order valence-corrected chi connectivity index (χ1v) is 4.95. The van der Waals surface area contributed by atoms with Crippen LogP contribution in [-0.4, -0.2) is 0 Å². The van der Waals surface area contributed by atoms with Crippen LogP contribution >= 0.6 is 0 Å². The zero-order chi connectivity index (χ0) is 9.54. The number of fused-ring (bicyclic) bond motifs is 3. The third-order valence-electron chi connectivity index (χ3n) is 2.94. The quantitative estimate of drug-likeness (QED) is 0.351. The molecule has 0 radical (unpaired) electrons. The molecule has 0 bridgehead atoms. The van der Waals surface area contributed by atoms with Gasteiger partial charge in [-0.2, -0.15) is 23.8 Å². The summed E-state index contributed by atoms with van der Waals surface area (Å²) in [6, 6.07) is 16.1. The topological polar surface area (TPSA) is 0 Å². The van der Waals surface area contributed by atoms with Crippen molar-refractivity contribution in [1.29, 1.82) is 0 Å². The molecular formula is C14H11Li. The summed E-state index contributed by atoms with van der Waals surface area (Å²) in [4.78, 5) is 0. The number of hydrogen-bond acceptors (Lipinski definition) is 0. The predicted molar refractivity (Wildman–Crippen MR) is 58.3 cm³/mol. The molecule has 2 aromatic rings. The van der Waals surface area contributed by atoms with Crippen molar-refractivity contribution in [2.45, 2.75) is 13.3 Å². The Kier molecular flexibility index (Phi) is 2.74. The zero-order valence-corrected chi connectivity index (χ0v) is 9.17. The molecule has 0 aliphatic heterocycles. The van der Waals surface area contributed by atoms with E-state index in [1.165, 1.54) is 27.8 Å². The summed E-state index contributed by atoms with van der Waals surface area (Å²) in [5.41, 5.74) is 6.96. The Balaban J connectivity index is 0.000000853. The molecule has 0 atom stereocenters. The van der Waals surface area contributed by atoms with E-state index in [0.717, 1.165) is 6.42 Å². The molecule has 15 heavy (non-hydrogen) atoms. The minimum atomic E-state index is 0. The van der Waals surface area contributed by atoms with Crippen LogP contribution in [0.25, 0.3) is 11.1 Å². The molecular weight excluding hydrogens is 175 g/mol. The molecule has 0 unspecified atom stereocenters. The molecule has 1 aliphatic rings. The summed E-state index contributed by atoms with van der Waals surface area (Å²) in [6.45, 7) is 2.18. The van der Waals surface area contributed by atoms with E-state index in [0.29, 0.717) is 0 Å². The van der Waals surface area contributed by atoms with Gasteiger partial charge in [-0.1, -0.05) is 42.3 Å². The van der Waals surface area contributed by atoms with Crippen molar-refractivity contribution >= 4 is 0 Å². The average molecular weight is 186 g/mol. The second-order valence-electron chi connectivity index (χ2n) is 3.85. The third-order valence-corrected chi connectivity index (χ3v) is 2.94. The number of rotatable bonds is 0. The van der Waals surface area contributed by atoms with Crippen molar-refractivity contribution in [1.82, 2.24) is 0 Å². The van der Waals surface area contributed by atoms with Crippen molar-refractivity contribution < 1.29 is 18.9 Å². The fourth-order valence-corrected chi connectivity index (χ4v) is 2.28. The Morgan fingerprint density at radius 3 is 2.80 bits per heavy atom. The van der Waals surface area contributed by atoms with Gasteiger partial charge in [0.2, 0.25) is 0 Å². The summed E-state index contributed by atoms with van der Waals surface area (Å²) in [5.74, 6) is 0. The van der Waals surface area contributed by atoms with E-state index in [-0.39, 0.29) is 18.9 Å². The summed E-state index contributed by atoms with van der Waals surface area (Å²) < 4.78 is 0. The van der Waals surface area contributed by atoms with Crippen LogP contribution in [0.5, 0.6) is 0 Å². The van der Waals surface area contributed by atoms with E-state index < -0.39 is 0 Å². The summed E-state index contributed by atoms with van der Waals surface area (Å²) >= 11 is 0. The number of aryl methyl sites for hydroxylation is 1. The Morgan fingerprint density at radius 1 is 1.13 bits per heavy atom. The van der Waals surface area contributed by atoms with Crippen LogP contribution < -0.4 is 18.9 Å². The van der Waals surface area contributed by atoms with Gasteiger partial charge in [-0.25, -0.2) is 0 Å². The molecule has 68 valence electrons. The normalized spacial score (nSPS) is 11.5. The molecule has 1 heteroatoms. The first-order chi connectivity index (χ1) is 6.86. The minimum Gasteiger partial charge on any atom is -0.179 e. The molecule has 0 nitrogen and oxygen atoms in total. The van der Waals surface area contributed by atoms with Gasteiger partial charge in [0, 0.05) is 0 Å². The van der Waals surface area contributed by atoms with E-state index in [2.05, 4.69) is 43.3 Å². The Labute approximate surface area is 103 Å². The van der Waals surface area contributed by atoms with Crippen LogP contribution in [0.2, 0.25) is 0 Å². The molecule has 0 N–H and O–H groups in total. The first-order valence-electron chi connectivity index (χ1n) is 4.95. The van der Waals surface area contributed by atoms with Gasteiger partial charge in [-0.3, -0.25) is 0 Å². The van der Waals surface area contributed by atoms with E-state index in [9.17, 15) is 0 Å². The smallest absolute Gasteiger partial charge is 0.179 e. The van der Waals surface area contributed by atoms with Gasteiger partial charge in [0.1, 0.15) is 0 Å². The van der Waals surface area contributed by atoms with Gasteiger partial charge in [0.05, 0.1) is 0 Å². The fraction of sp³-hybridized carbons (Fsp3) is 0.143. The maximum Gasteiger partial charge on any atom is 1.00 e. The maximum atomic E-state index is 3.34. The largest absolute Gasteiger partial charge is 1.00 e. The molecule has 0 saturated carbocycles. The zero-order valence-electron chi connectivity index (χ0n) is 9.17. The predicted octanol–water partition coefficient (Wildman–Crippen LogP) is 0.370. The Bertz CT molecular complexity index is 500. The van der Waals surface area contributed by atoms with Gasteiger partial charge < -0.3 is 0 Å². The van der Waals surface area contributed by atoms with Crippen molar-refractivity contribution in [3.63, 3.8) is 0 Å². The number of hydrogen-bond donors (Lipinski definition) is 0. The summed E-state index contributed by atoms with van der Waals surface area (Å²) in [6.07, 6.45) is 1.05. The van der Waals surface area contributed by atoms with Crippen LogP contribution in [0, 0.1) is 13.0 Å². The van der Waals surface area contributed by atoms with Crippen LogP contribution in [0.15, 0.2) is 36.4 Å². The molecule has 3 rings (SSSR count). The molecule has 0 fully saturated rings. The number of benzene rings is 2. The van der Waals surface area contributed by atoms with Crippen LogP contribution in [-0.2, 0) is 6.42 Å². The molecule has 2 aromatic carbocycles. The first kappa shape index (κ1) is 10.6. The van der Waals surface area contributed by atoms with Crippen molar-refractivity contribution in [3.05, 3.63) is 59.2 Å².